The quantitative estimate of drug-likeness (QED) is 0.0459. The number of amides is 1. The van der Waals surface area contributed by atoms with E-state index in [4.69, 9.17) is 33.2 Å². The van der Waals surface area contributed by atoms with Crippen molar-refractivity contribution in [3.05, 3.63) is 59.7 Å². The lowest BCUT2D eigenvalue weighted by Gasteiger charge is -2.32. The summed E-state index contributed by atoms with van der Waals surface area (Å²) in [4.78, 5) is 90.8. The Balaban J connectivity index is 0.000000483. The Morgan fingerprint density at radius 1 is 0.667 bits per heavy atom. The van der Waals surface area contributed by atoms with Crippen molar-refractivity contribution in [1.82, 2.24) is 5.32 Å². The monoisotopic (exact) mass is 1020 g/mol. The van der Waals surface area contributed by atoms with E-state index in [9.17, 15) is 43.5 Å². The van der Waals surface area contributed by atoms with E-state index < -0.39 is 40.9 Å². The zero-order valence-electron chi connectivity index (χ0n) is 44.9. The fraction of sp³-hybridized carbons (Fsp3) is 0.667. The van der Waals surface area contributed by atoms with E-state index in [1.54, 1.807) is 46.8 Å². The molecule has 0 heterocycles. The Morgan fingerprint density at radius 2 is 1.19 bits per heavy atom. The second kappa shape index (κ2) is 32.5. The number of fused-ring (bicyclic) bond motifs is 5. The van der Waals surface area contributed by atoms with Crippen molar-refractivity contribution < 1.29 is 81.4 Å². The number of aliphatic hydroxyl groups is 1. The van der Waals surface area contributed by atoms with Crippen molar-refractivity contribution >= 4 is 47.7 Å². The standard InChI is InChI=1S/C15H25NO6.C14H22O2.C13H22O5.C12H14O4/c1-6-15(4,5)13(18)21-9-10-22-14(19)16-7-8-20-12(17)11(2)3;1-8(15)12-5-10-6-13(12)11-4-3-9(7-16-2)14(10)11;1-6-13(4,5)12(16)18-8-10(14)7-17-11(15)9(2)3;1-3-8-16-12(14)10-6-4-9(5-7-10)11(13)15-2/h2,6-10H2,1,3-5H3,(H,16,19);9-14H,3-7H2,1-2H3;10,14H,2,6-8H2,1,3-5H3;4-7H,3,8H2,1-2H3. The number of methoxy groups -OCH3 is 2. The molecule has 3 aliphatic carbocycles. The van der Waals surface area contributed by atoms with Gasteiger partial charge in [0.15, 0.2) is 0 Å². The number of hydrogen-bond donors (Lipinski definition) is 2. The maximum atomic E-state index is 11.6. The van der Waals surface area contributed by atoms with Crippen LogP contribution in [0.4, 0.5) is 4.79 Å². The summed E-state index contributed by atoms with van der Waals surface area (Å²) < 4.78 is 39.1. The summed E-state index contributed by atoms with van der Waals surface area (Å²) in [5.74, 6) is 2.36. The minimum absolute atomic E-state index is 0.000325. The third-order valence-electron chi connectivity index (χ3n) is 13.1. The first-order valence-corrected chi connectivity index (χ1v) is 24.7. The fourth-order valence-corrected chi connectivity index (χ4v) is 8.22. The summed E-state index contributed by atoms with van der Waals surface area (Å²) in [6.45, 7) is 25.5. The van der Waals surface area contributed by atoms with Gasteiger partial charge in [-0.1, -0.05) is 33.9 Å². The Labute approximate surface area is 426 Å². The normalized spacial score (nSPS) is 19.6. The zero-order valence-corrected chi connectivity index (χ0v) is 44.9. The van der Waals surface area contributed by atoms with E-state index >= 15 is 0 Å². The molecule has 7 atom stereocenters. The summed E-state index contributed by atoms with van der Waals surface area (Å²) in [5.41, 5.74) is 0.269. The van der Waals surface area contributed by atoms with E-state index in [1.165, 1.54) is 58.8 Å². The first kappa shape index (κ1) is 64.4. The van der Waals surface area contributed by atoms with Gasteiger partial charge in [-0.25, -0.2) is 24.0 Å². The predicted molar refractivity (Wildman–Crippen MR) is 267 cm³/mol. The van der Waals surface area contributed by atoms with Gasteiger partial charge in [0.25, 0.3) is 0 Å². The molecule has 0 aromatic heterocycles. The Hall–Kier alpha value is -5.62. The first-order valence-electron chi connectivity index (χ1n) is 24.7. The van der Waals surface area contributed by atoms with Gasteiger partial charge in [0.05, 0.1) is 42.2 Å². The average Bonchev–Trinajstić information content (AvgIpc) is 4.09. The molecule has 0 spiro atoms. The number of ketones is 1. The van der Waals surface area contributed by atoms with Gasteiger partial charge in [-0.15, -0.1) is 0 Å². The van der Waals surface area contributed by atoms with Crippen LogP contribution in [-0.2, 0) is 61.9 Å². The molecule has 0 radical (unpaired) electrons. The van der Waals surface area contributed by atoms with Crippen molar-refractivity contribution in [1.29, 1.82) is 0 Å². The minimum Gasteiger partial charge on any atom is -0.465 e. The van der Waals surface area contributed by atoms with Crippen LogP contribution in [-0.4, -0.2) is 126 Å². The van der Waals surface area contributed by atoms with E-state index in [0.29, 0.717) is 47.8 Å². The van der Waals surface area contributed by atoms with Crippen molar-refractivity contribution in [3.63, 3.8) is 0 Å². The van der Waals surface area contributed by atoms with Gasteiger partial charge >= 0.3 is 41.9 Å². The summed E-state index contributed by atoms with van der Waals surface area (Å²) >= 11 is 0. The molecule has 18 heteroatoms. The zero-order chi connectivity index (χ0) is 54.8. The molecule has 1 aromatic carbocycles. The smallest absolute Gasteiger partial charge is 0.407 e. The molecular formula is C54H83NO17. The van der Waals surface area contributed by atoms with Gasteiger partial charge in [0.2, 0.25) is 0 Å². The van der Waals surface area contributed by atoms with Crippen molar-refractivity contribution in [2.75, 3.05) is 67.0 Å². The highest BCUT2D eigenvalue weighted by Crippen LogP contribution is 2.62. The highest BCUT2D eigenvalue weighted by atomic mass is 16.6. The van der Waals surface area contributed by atoms with Gasteiger partial charge < -0.3 is 48.3 Å². The summed E-state index contributed by atoms with van der Waals surface area (Å²) in [6.07, 6.45) is 5.60. The summed E-state index contributed by atoms with van der Waals surface area (Å²) in [5, 5.41) is 11.9. The van der Waals surface area contributed by atoms with Gasteiger partial charge in [-0.3, -0.25) is 14.4 Å². The van der Waals surface area contributed by atoms with Crippen LogP contribution in [0.15, 0.2) is 48.6 Å². The molecule has 18 nitrogen and oxygen atoms in total. The molecule has 7 unspecified atom stereocenters. The highest BCUT2D eigenvalue weighted by Gasteiger charge is 2.57. The topological polar surface area (TPSA) is 243 Å². The minimum atomic E-state index is -1.02. The Kier molecular flexibility index (Phi) is 29.0. The fourth-order valence-electron chi connectivity index (χ4n) is 8.22. The van der Waals surface area contributed by atoms with Crippen LogP contribution in [0.2, 0.25) is 0 Å². The SMILES string of the molecule is C=C(C)C(=O)OCC(O)COC(=O)C(C)(C)CC.C=C(C)C(=O)OCCNC(=O)OCCOC(=O)C(C)(C)CC.CCCOC(=O)c1ccc(C(=O)OC)cc1.COCC1CCC2C3CC(CC3C(C)=O)C12. The highest BCUT2D eigenvalue weighted by molar-refractivity contribution is 5.93. The Morgan fingerprint density at radius 3 is 1.71 bits per heavy atom. The van der Waals surface area contributed by atoms with Gasteiger partial charge in [0.1, 0.15) is 44.9 Å². The Bertz CT molecular complexity index is 1960. The molecule has 1 aromatic rings. The molecule has 4 rings (SSSR count). The van der Waals surface area contributed by atoms with Gasteiger partial charge in [-0.2, -0.15) is 0 Å². The third-order valence-corrected chi connectivity index (χ3v) is 13.1. The maximum absolute atomic E-state index is 11.6. The third kappa shape index (κ3) is 22.0. The predicted octanol–water partition coefficient (Wildman–Crippen LogP) is 7.82. The molecule has 2 bridgehead atoms. The van der Waals surface area contributed by atoms with Gasteiger partial charge in [0, 0.05) is 30.8 Å². The number of alkyl carbamates (subject to hydrolysis) is 1. The van der Waals surface area contributed by atoms with Crippen LogP contribution in [0.3, 0.4) is 0 Å². The molecule has 0 aliphatic heterocycles. The number of Topliss-reactive ketones (excluding diaryl/α,β-unsaturated/α-hetero) is 1. The number of esters is 6. The number of benzene rings is 1. The van der Waals surface area contributed by atoms with Crippen LogP contribution in [0.5, 0.6) is 0 Å². The molecule has 406 valence electrons. The van der Waals surface area contributed by atoms with Crippen molar-refractivity contribution in [2.24, 2.45) is 46.3 Å². The number of nitrogens with one attached hydrogen (secondary N) is 1. The van der Waals surface area contributed by atoms with Crippen LogP contribution in [0.25, 0.3) is 0 Å². The number of carbonyl (C=O) groups excluding carboxylic acids is 8. The average molecular weight is 1020 g/mol. The van der Waals surface area contributed by atoms with E-state index in [1.807, 2.05) is 27.9 Å². The molecule has 1 amide bonds. The summed E-state index contributed by atoms with van der Waals surface area (Å²) in [6, 6.07) is 6.16. The number of carbonyl (C=O) groups is 8. The lowest BCUT2D eigenvalue weighted by Crippen LogP contribution is -2.31. The van der Waals surface area contributed by atoms with Crippen molar-refractivity contribution in [3.8, 4) is 0 Å². The van der Waals surface area contributed by atoms with Crippen LogP contribution < -0.4 is 5.32 Å². The second-order valence-electron chi connectivity index (χ2n) is 19.6. The number of hydrogen-bond acceptors (Lipinski definition) is 17. The molecule has 0 saturated heterocycles. The van der Waals surface area contributed by atoms with E-state index in [2.05, 4.69) is 23.2 Å². The molecule has 72 heavy (non-hydrogen) atoms. The maximum Gasteiger partial charge on any atom is 0.407 e. The molecule has 2 N–H and O–H groups in total. The van der Waals surface area contributed by atoms with Crippen LogP contribution >= 0.6 is 0 Å². The van der Waals surface area contributed by atoms with E-state index in [0.717, 1.165) is 42.6 Å². The molecule has 3 aliphatic rings. The van der Waals surface area contributed by atoms with Crippen LogP contribution in [0.1, 0.15) is 135 Å². The second-order valence-corrected chi connectivity index (χ2v) is 19.6. The first-order chi connectivity index (χ1) is 33.8. The van der Waals surface area contributed by atoms with Gasteiger partial charge in [-0.05, 0) is 147 Å². The number of rotatable bonds is 23. The summed E-state index contributed by atoms with van der Waals surface area (Å²) in [7, 11) is 3.13. The molecule has 3 saturated carbocycles. The molecular weight excluding hydrogens is 935 g/mol. The van der Waals surface area contributed by atoms with Crippen molar-refractivity contribution in [2.45, 2.75) is 120 Å². The molecule has 3 fully saturated rings. The lowest BCUT2D eigenvalue weighted by atomic mass is 9.72. The van der Waals surface area contributed by atoms with E-state index in [-0.39, 0.29) is 63.1 Å². The largest absolute Gasteiger partial charge is 0.465 e. The van der Waals surface area contributed by atoms with Crippen LogP contribution in [0, 0.1) is 46.3 Å². The lowest BCUT2D eigenvalue weighted by molar-refractivity contribution is -0.159. The number of ether oxygens (including phenoxy) is 8. The number of aliphatic hydroxyl groups excluding tert-OH is 1.